The molecule has 0 bridgehead atoms. The van der Waals surface area contributed by atoms with Crippen LogP contribution in [0, 0.1) is 0 Å². The Morgan fingerprint density at radius 1 is 1.25 bits per heavy atom. The van der Waals surface area contributed by atoms with Gasteiger partial charge in [-0.25, -0.2) is 0 Å². The van der Waals surface area contributed by atoms with Gasteiger partial charge in [-0.05, 0) is 32.9 Å². The number of hydrogen-bond acceptors (Lipinski definition) is 2. The summed E-state index contributed by atoms with van der Waals surface area (Å²) in [7, 11) is 1.98. The Kier molecular flexibility index (Phi) is 5.26. The third kappa shape index (κ3) is 2.97. The smallest absolute Gasteiger partial charge is 0.324 e. The van der Waals surface area contributed by atoms with Crippen molar-refractivity contribution in [2.45, 2.75) is 63.8 Å². The molecule has 1 fully saturated rings. The molecule has 1 rings (SSSR count). The zero-order valence-corrected chi connectivity index (χ0v) is 10.7. The van der Waals surface area contributed by atoms with Crippen molar-refractivity contribution in [2.24, 2.45) is 0 Å². The second-order valence-corrected chi connectivity index (χ2v) is 5.03. The minimum atomic E-state index is -0.618. The van der Waals surface area contributed by atoms with Crippen LogP contribution in [0.2, 0.25) is 0 Å². The molecule has 1 N–H and O–H groups in total. The van der Waals surface area contributed by atoms with Crippen molar-refractivity contribution >= 4 is 5.97 Å². The first-order chi connectivity index (χ1) is 7.63. The summed E-state index contributed by atoms with van der Waals surface area (Å²) in [5.74, 6) is -0.618. The van der Waals surface area contributed by atoms with Gasteiger partial charge in [-0.3, -0.25) is 9.69 Å². The van der Waals surface area contributed by atoms with E-state index in [1.165, 1.54) is 12.8 Å². The fourth-order valence-electron chi connectivity index (χ4n) is 2.68. The normalized spacial score (nSPS) is 20.7. The summed E-state index contributed by atoms with van der Waals surface area (Å²) < 4.78 is 0. The topological polar surface area (TPSA) is 40.5 Å². The Balaban J connectivity index is 2.72. The summed E-state index contributed by atoms with van der Waals surface area (Å²) in [5.41, 5.74) is -0.578. The highest BCUT2D eigenvalue weighted by Gasteiger charge is 2.41. The molecule has 0 aliphatic heterocycles. The molecular weight excluding hydrogens is 202 g/mol. The molecule has 94 valence electrons. The van der Waals surface area contributed by atoms with Crippen molar-refractivity contribution in [3.63, 3.8) is 0 Å². The number of hydrogen-bond donors (Lipinski definition) is 1. The summed E-state index contributed by atoms with van der Waals surface area (Å²) in [6, 6.07) is 0. The number of rotatable bonds is 5. The molecular formula is C13H25NO2. The van der Waals surface area contributed by atoms with Gasteiger partial charge < -0.3 is 5.11 Å². The van der Waals surface area contributed by atoms with Gasteiger partial charge in [0, 0.05) is 0 Å². The van der Waals surface area contributed by atoms with Gasteiger partial charge in [0.25, 0.3) is 0 Å². The highest BCUT2D eigenvalue weighted by Crippen LogP contribution is 2.32. The average molecular weight is 227 g/mol. The molecule has 1 aliphatic carbocycles. The van der Waals surface area contributed by atoms with Crippen molar-refractivity contribution in [1.82, 2.24) is 4.90 Å². The molecule has 1 aliphatic rings. The molecule has 0 saturated heterocycles. The van der Waals surface area contributed by atoms with E-state index in [-0.39, 0.29) is 0 Å². The average Bonchev–Trinajstić information content (AvgIpc) is 2.52. The van der Waals surface area contributed by atoms with Crippen molar-refractivity contribution < 1.29 is 9.90 Å². The van der Waals surface area contributed by atoms with Crippen LogP contribution in [0.4, 0.5) is 0 Å². The molecule has 0 aromatic carbocycles. The second kappa shape index (κ2) is 6.24. The Hall–Kier alpha value is -0.570. The molecule has 0 amide bonds. The zero-order valence-electron chi connectivity index (χ0n) is 10.7. The summed E-state index contributed by atoms with van der Waals surface area (Å²) in [6.07, 6.45) is 8.36. The lowest BCUT2D eigenvalue weighted by molar-refractivity contribution is -0.152. The van der Waals surface area contributed by atoms with Gasteiger partial charge in [0.15, 0.2) is 0 Å². The summed E-state index contributed by atoms with van der Waals surface area (Å²) in [5, 5.41) is 9.54. The SMILES string of the molecule is CCCCN(C)C1(C(=O)O)CCCCCC1. The lowest BCUT2D eigenvalue weighted by Crippen LogP contribution is -2.52. The van der Waals surface area contributed by atoms with Crippen LogP contribution >= 0.6 is 0 Å². The highest BCUT2D eigenvalue weighted by molar-refractivity contribution is 5.78. The van der Waals surface area contributed by atoms with Crippen LogP contribution in [0.5, 0.6) is 0 Å². The molecule has 0 aromatic rings. The quantitative estimate of drug-likeness (QED) is 0.734. The van der Waals surface area contributed by atoms with Crippen LogP contribution in [0.15, 0.2) is 0 Å². The zero-order chi connectivity index (χ0) is 12.0. The van der Waals surface area contributed by atoms with Gasteiger partial charge >= 0.3 is 5.97 Å². The van der Waals surface area contributed by atoms with E-state index in [1.807, 2.05) is 7.05 Å². The van der Waals surface area contributed by atoms with Crippen molar-refractivity contribution in [3.05, 3.63) is 0 Å². The lowest BCUT2D eigenvalue weighted by atomic mass is 9.88. The fourth-order valence-corrected chi connectivity index (χ4v) is 2.68. The van der Waals surface area contributed by atoms with E-state index < -0.39 is 11.5 Å². The summed E-state index contributed by atoms with van der Waals surface area (Å²) in [6.45, 7) is 3.05. The maximum Gasteiger partial charge on any atom is 0.324 e. The van der Waals surface area contributed by atoms with Gasteiger partial charge in [-0.2, -0.15) is 0 Å². The predicted molar refractivity (Wildman–Crippen MR) is 65.6 cm³/mol. The maximum absolute atomic E-state index is 11.6. The van der Waals surface area contributed by atoms with Gasteiger partial charge in [-0.15, -0.1) is 0 Å². The number of carboxylic acid groups (broad SMARTS) is 1. The van der Waals surface area contributed by atoms with E-state index >= 15 is 0 Å². The molecule has 0 aromatic heterocycles. The first kappa shape index (κ1) is 13.5. The lowest BCUT2D eigenvalue weighted by Gasteiger charge is -2.37. The van der Waals surface area contributed by atoms with E-state index in [9.17, 15) is 9.90 Å². The molecule has 16 heavy (non-hydrogen) atoms. The Labute approximate surface area is 98.8 Å². The van der Waals surface area contributed by atoms with Crippen LogP contribution in [0.25, 0.3) is 0 Å². The number of carboxylic acids is 1. The van der Waals surface area contributed by atoms with Gasteiger partial charge in [-0.1, -0.05) is 39.0 Å². The van der Waals surface area contributed by atoms with Gasteiger partial charge in [0.1, 0.15) is 5.54 Å². The predicted octanol–water partition coefficient (Wildman–Crippen LogP) is 2.90. The first-order valence-corrected chi connectivity index (χ1v) is 6.58. The molecule has 0 radical (unpaired) electrons. The molecule has 3 heteroatoms. The highest BCUT2D eigenvalue weighted by atomic mass is 16.4. The molecule has 0 heterocycles. The van der Waals surface area contributed by atoms with Crippen LogP contribution in [-0.4, -0.2) is 35.1 Å². The molecule has 3 nitrogen and oxygen atoms in total. The van der Waals surface area contributed by atoms with Crippen molar-refractivity contribution in [3.8, 4) is 0 Å². The monoisotopic (exact) mass is 227 g/mol. The van der Waals surface area contributed by atoms with Gasteiger partial charge in [0.05, 0.1) is 0 Å². The summed E-state index contributed by atoms with van der Waals surface area (Å²) >= 11 is 0. The Morgan fingerprint density at radius 3 is 2.25 bits per heavy atom. The van der Waals surface area contributed by atoms with Gasteiger partial charge in [0.2, 0.25) is 0 Å². The maximum atomic E-state index is 11.6. The minimum Gasteiger partial charge on any atom is -0.480 e. The molecule has 0 unspecified atom stereocenters. The van der Waals surface area contributed by atoms with Crippen LogP contribution in [0.3, 0.4) is 0 Å². The van der Waals surface area contributed by atoms with Crippen LogP contribution in [-0.2, 0) is 4.79 Å². The molecule has 0 spiro atoms. The fraction of sp³-hybridized carbons (Fsp3) is 0.923. The standard InChI is InChI=1S/C13H25NO2/c1-3-4-11-14(2)13(12(15)16)9-7-5-6-8-10-13/h3-11H2,1-2H3,(H,15,16). The van der Waals surface area contributed by atoms with E-state index in [1.54, 1.807) is 0 Å². The third-order valence-electron chi connectivity index (χ3n) is 3.91. The van der Waals surface area contributed by atoms with E-state index in [0.29, 0.717) is 0 Å². The number of aliphatic carboxylic acids is 1. The van der Waals surface area contributed by atoms with Crippen LogP contribution in [0.1, 0.15) is 58.3 Å². The van der Waals surface area contributed by atoms with E-state index in [4.69, 9.17) is 0 Å². The summed E-state index contributed by atoms with van der Waals surface area (Å²) in [4.78, 5) is 13.7. The largest absolute Gasteiger partial charge is 0.480 e. The molecule has 1 saturated carbocycles. The first-order valence-electron chi connectivity index (χ1n) is 6.58. The third-order valence-corrected chi connectivity index (χ3v) is 3.91. The van der Waals surface area contributed by atoms with Crippen LogP contribution < -0.4 is 0 Å². The number of nitrogens with zero attached hydrogens (tertiary/aromatic N) is 1. The molecule has 0 atom stereocenters. The second-order valence-electron chi connectivity index (χ2n) is 5.03. The minimum absolute atomic E-state index is 0.578. The number of carbonyl (C=O) groups is 1. The Morgan fingerprint density at radius 2 is 1.81 bits per heavy atom. The number of likely N-dealkylation sites (N-methyl/N-ethyl adjacent to an activating group) is 1. The van der Waals surface area contributed by atoms with Crippen molar-refractivity contribution in [2.75, 3.05) is 13.6 Å². The van der Waals surface area contributed by atoms with E-state index in [0.717, 1.165) is 45.1 Å². The number of unbranched alkanes of at least 4 members (excludes halogenated alkanes) is 1. The Bertz CT molecular complexity index is 220. The van der Waals surface area contributed by atoms with Crippen molar-refractivity contribution in [1.29, 1.82) is 0 Å². The van der Waals surface area contributed by atoms with E-state index in [2.05, 4.69) is 11.8 Å².